The summed E-state index contributed by atoms with van der Waals surface area (Å²) < 4.78 is 21.4. The van der Waals surface area contributed by atoms with Crippen molar-refractivity contribution in [2.75, 3.05) is 41.5 Å². The van der Waals surface area contributed by atoms with Crippen LogP contribution in [0.3, 0.4) is 0 Å². The number of carbonyl (C=O) groups is 1. The van der Waals surface area contributed by atoms with Crippen LogP contribution < -0.4 is 30.2 Å². The molecule has 0 aliphatic carbocycles. The molecule has 3 N–H and O–H groups in total. The zero-order valence-electron chi connectivity index (χ0n) is 18.9. The van der Waals surface area contributed by atoms with Crippen molar-refractivity contribution in [3.05, 3.63) is 17.7 Å². The first-order valence-electron chi connectivity index (χ1n) is 9.44. The molecule has 172 valence electrons. The number of benzene rings is 1. The summed E-state index contributed by atoms with van der Waals surface area (Å²) in [4.78, 5) is 15.8. The van der Waals surface area contributed by atoms with Gasteiger partial charge in [0.05, 0.1) is 33.4 Å². The number of alkyl carbamates (subject to hydrolysis) is 1. The lowest BCUT2D eigenvalue weighted by molar-refractivity contribution is 0.0527. The van der Waals surface area contributed by atoms with E-state index in [1.807, 2.05) is 20.8 Å². The molecule has 0 heterocycles. The Bertz CT molecular complexity index is 667. The first kappa shape index (κ1) is 27.9. The van der Waals surface area contributed by atoms with Crippen LogP contribution in [0.1, 0.15) is 32.8 Å². The van der Waals surface area contributed by atoms with E-state index in [0.717, 1.165) is 12.0 Å². The number of carbonyl (C=O) groups excluding carboxylic acids is 1. The second kappa shape index (κ2) is 14.0. The second-order valence-electron chi connectivity index (χ2n) is 7.15. The molecule has 0 fully saturated rings. The first-order chi connectivity index (χ1) is 13.7. The largest absolute Gasteiger partial charge is 0.496 e. The fourth-order valence-electron chi connectivity index (χ4n) is 2.44. The lowest BCUT2D eigenvalue weighted by Gasteiger charge is -2.19. The van der Waals surface area contributed by atoms with Gasteiger partial charge in [-0.1, -0.05) is 0 Å². The summed E-state index contributed by atoms with van der Waals surface area (Å²) in [5.74, 6) is 2.60. The van der Waals surface area contributed by atoms with Gasteiger partial charge in [0.2, 0.25) is 0 Å². The summed E-state index contributed by atoms with van der Waals surface area (Å²) in [5.41, 5.74) is 0.350. The minimum atomic E-state index is -0.502. The van der Waals surface area contributed by atoms with Crippen LogP contribution in [0.4, 0.5) is 4.79 Å². The molecular formula is C20H35IN4O5. The maximum atomic E-state index is 11.6. The van der Waals surface area contributed by atoms with E-state index in [-0.39, 0.29) is 24.0 Å². The highest BCUT2D eigenvalue weighted by molar-refractivity contribution is 14.0. The third kappa shape index (κ3) is 10.1. The van der Waals surface area contributed by atoms with Crippen LogP contribution in [-0.4, -0.2) is 59.1 Å². The van der Waals surface area contributed by atoms with Crippen LogP contribution in [0.2, 0.25) is 0 Å². The number of nitrogens with one attached hydrogen (secondary N) is 3. The summed E-state index contributed by atoms with van der Waals surface area (Å²) in [7, 11) is 6.48. The molecular weight excluding hydrogens is 503 g/mol. The number of hydrogen-bond acceptors (Lipinski definition) is 6. The van der Waals surface area contributed by atoms with Gasteiger partial charge >= 0.3 is 6.09 Å². The highest BCUT2D eigenvalue weighted by atomic mass is 127. The highest BCUT2D eigenvalue weighted by Gasteiger charge is 2.16. The Labute approximate surface area is 196 Å². The van der Waals surface area contributed by atoms with Crippen LogP contribution >= 0.6 is 24.0 Å². The van der Waals surface area contributed by atoms with Crippen LogP contribution in [0, 0.1) is 0 Å². The summed E-state index contributed by atoms with van der Waals surface area (Å²) >= 11 is 0. The van der Waals surface area contributed by atoms with E-state index in [2.05, 4.69) is 20.9 Å². The van der Waals surface area contributed by atoms with Gasteiger partial charge < -0.3 is 34.9 Å². The third-order valence-corrected chi connectivity index (χ3v) is 3.79. The molecule has 0 aliphatic heterocycles. The molecule has 30 heavy (non-hydrogen) atoms. The molecule has 0 atom stereocenters. The fraction of sp³-hybridized carbons (Fsp3) is 0.600. The zero-order chi connectivity index (χ0) is 21.9. The van der Waals surface area contributed by atoms with Crippen molar-refractivity contribution < 1.29 is 23.7 Å². The Morgan fingerprint density at radius 2 is 1.53 bits per heavy atom. The van der Waals surface area contributed by atoms with Crippen molar-refractivity contribution in [2.24, 2.45) is 4.99 Å². The Balaban J connectivity index is 0.00000841. The molecule has 0 bridgehead atoms. The molecule has 1 amide bonds. The molecule has 0 saturated carbocycles. The quantitative estimate of drug-likeness (QED) is 0.192. The zero-order valence-corrected chi connectivity index (χ0v) is 21.2. The number of ether oxygens (including phenoxy) is 4. The molecule has 0 saturated heterocycles. The Kier molecular flexibility index (Phi) is 13.0. The van der Waals surface area contributed by atoms with Gasteiger partial charge in [-0.25, -0.2) is 4.79 Å². The standard InChI is InChI=1S/C20H34N4O5.HI/c1-20(2,3)29-19(25)23-10-8-9-22-18(21-4)24-13-15-16(27-6)11-14(26-5)12-17(15)28-7;/h11-12H,8-10,13H2,1-7H3,(H,23,25)(H2,21,22,24);1H. The van der Waals surface area contributed by atoms with Crippen molar-refractivity contribution in [1.82, 2.24) is 16.0 Å². The summed E-state index contributed by atoms with van der Waals surface area (Å²) in [6.45, 7) is 7.07. The highest BCUT2D eigenvalue weighted by Crippen LogP contribution is 2.33. The van der Waals surface area contributed by atoms with E-state index in [0.29, 0.717) is 42.8 Å². The van der Waals surface area contributed by atoms with Gasteiger partial charge in [0.25, 0.3) is 0 Å². The number of hydrogen-bond donors (Lipinski definition) is 3. The molecule has 0 aromatic heterocycles. The summed E-state index contributed by atoms with van der Waals surface area (Å²) in [6.07, 6.45) is 0.300. The number of nitrogens with zero attached hydrogens (tertiary/aromatic N) is 1. The molecule has 1 rings (SSSR count). The Morgan fingerprint density at radius 1 is 0.967 bits per heavy atom. The van der Waals surface area contributed by atoms with Gasteiger partial charge in [-0.3, -0.25) is 4.99 Å². The number of rotatable bonds is 9. The van der Waals surface area contributed by atoms with Crippen molar-refractivity contribution in [1.29, 1.82) is 0 Å². The van der Waals surface area contributed by atoms with Crippen LogP contribution in [0.25, 0.3) is 0 Å². The Hall–Kier alpha value is -2.11. The van der Waals surface area contributed by atoms with Crippen LogP contribution in [0.15, 0.2) is 17.1 Å². The topological polar surface area (TPSA) is 102 Å². The predicted octanol–water partition coefficient (Wildman–Crippen LogP) is 2.91. The van der Waals surface area contributed by atoms with Gasteiger partial charge in [-0.05, 0) is 27.2 Å². The maximum Gasteiger partial charge on any atom is 0.407 e. The van der Waals surface area contributed by atoms with Crippen molar-refractivity contribution in [3.8, 4) is 17.2 Å². The van der Waals surface area contributed by atoms with E-state index >= 15 is 0 Å². The van der Waals surface area contributed by atoms with Gasteiger partial charge in [0, 0.05) is 32.3 Å². The van der Waals surface area contributed by atoms with Crippen molar-refractivity contribution >= 4 is 36.0 Å². The lowest BCUT2D eigenvalue weighted by Crippen LogP contribution is -2.39. The SMILES string of the molecule is CN=C(NCCCNC(=O)OC(C)(C)C)NCc1c(OC)cc(OC)cc1OC.I. The van der Waals surface area contributed by atoms with Gasteiger partial charge in [0.1, 0.15) is 22.8 Å². The maximum absolute atomic E-state index is 11.6. The summed E-state index contributed by atoms with van der Waals surface area (Å²) in [6, 6.07) is 3.61. The van der Waals surface area contributed by atoms with E-state index in [1.165, 1.54) is 0 Å². The molecule has 0 unspecified atom stereocenters. The molecule has 0 aliphatic rings. The van der Waals surface area contributed by atoms with E-state index < -0.39 is 11.7 Å². The predicted molar refractivity (Wildman–Crippen MR) is 129 cm³/mol. The average Bonchev–Trinajstić information content (AvgIpc) is 2.67. The number of amides is 1. The van der Waals surface area contributed by atoms with Gasteiger partial charge in [0.15, 0.2) is 5.96 Å². The first-order valence-corrected chi connectivity index (χ1v) is 9.44. The second-order valence-corrected chi connectivity index (χ2v) is 7.15. The number of halogens is 1. The smallest absolute Gasteiger partial charge is 0.407 e. The van der Waals surface area contributed by atoms with Crippen molar-refractivity contribution in [3.63, 3.8) is 0 Å². The number of methoxy groups -OCH3 is 3. The fourth-order valence-corrected chi connectivity index (χ4v) is 2.44. The lowest BCUT2D eigenvalue weighted by atomic mass is 10.1. The Morgan fingerprint density at radius 3 is 2.00 bits per heavy atom. The third-order valence-electron chi connectivity index (χ3n) is 3.79. The van der Waals surface area contributed by atoms with Crippen LogP contribution in [0.5, 0.6) is 17.2 Å². The number of aliphatic imine (C=N–C) groups is 1. The van der Waals surface area contributed by atoms with E-state index in [1.54, 1.807) is 40.5 Å². The minimum Gasteiger partial charge on any atom is -0.496 e. The molecule has 1 aromatic rings. The van der Waals surface area contributed by atoms with Gasteiger partial charge in [-0.2, -0.15) is 0 Å². The monoisotopic (exact) mass is 538 g/mol. The molecule has 0 radical (unpaired) electrons. The number of guanidine groups is 1. The van der Waals surface area contributed by atoms with E-state index in [4.69, 9.17) is 18.9 Å². The minimum absolute atomic E-state index is 0. The molecule has 0 spiro atoms. The van der Waals surface area contributed by atoms with Crippen LogP contribution in [-0.2, 0) is 11.3 Å². The average molecular weight is 538 g/mol. The van der Waals surface area contributed by atoms with Gasteiger partial charge in [-0.15, -0.1) is 24.0 Å². The molecule has 9 nitrogen and oxygen atoms in total. The van der Waals surface area contributed by atoms with Crippen molar-refractivity contribution in [2.45, 2.75) is 39.3 Å². The molecule has 1 aromatic carbocycles. The normalized spacial score (nSPS) is 11.1. The summed E-state index contributed by atoms with van der Waals surface area (Å²) in [5, 5.41) is 9.15. The van der Waals surface area contributed by atoms with E-state index in [9.17, 15) is 4.79 Å². The molecule has 10 heteroatoms.